The van der Waals surface area contributed by atoms with Gasteiger partial charge in [-0.05, 0) is 36.8 Å². The van der Waals surface area contributed by atoms with E-state index < -0.39 is 56.8 Å². The molecule has 32 heavy (non-hydrogen) atoms. The van der Waals surface area contributed by atoms with Crippen molar-refractivity contribution < 1.29 is 27.6 Å². The fourth-order valence-electron chi connectivity index (χ4n) is 2.64. The first-order valence-electron chi connectivity index (χ1n) is 8.84. The maximum absolute atomic E-state index is 14.6. The first-order chi connectivity index (χ1) is 14.9. The number of amides is 3. The molecule has 2 aromatic rings. The molecule has 2 aromatic carbocycles. The van der Waals surface area contributed by atoms with Gasteiger partial charge in [0.25, 0.3) is 11.8 Å². The molecule has 1 saturated carbocycles. The number of halogens is 6. The fraction of sp³-hybridized carbons (Fsp3) is 0.150. The Bertz CT molecular complexity index is 1160. The lowest BCUT2D eigenvalue weighted by molar-refractivity contribution is -0.117. The van der Waals surface area contributed by atoms with Gasteiger partial charge in [-0.3, -0.25) is 14.4 Å². The lowest BCUT2D eigenvalue weighted by atomic mass is 10.1. The number of carbonyl (C=O) groups excluding carboxylic acids is 3. The summed E-state index contributed by atoms with van der Waals surface area (Å²) in [7, 11) is 0. The monoisotopic (exact) mass is 505 g/mol. The molecule has 3 amide bonds. The molecule has 0 bridgehead atoms. The number of benzene rings is 2. The van der Waals surface area contributed by atoms with Crippen LogP contribution < -0.4 is 16.0 Å². The Morgan fingerprint density at radius 3 is 2.31 bits per heavy atom. The highest BCUT2D eigenvalue weighted by Gasteiger charge is 2.56. The van der Waals surface area contributed by atoms with Gasteiger partial charge in [0.2, 0.25) is 5.91 Å². The third-order valence-corrected chi connectivity index (χ3v) is 5.61. The minimum absolute atomic E-state index is 0.0271. The van der Waals surface area contributed by atoms with Gasteiger partial charge in [0.1, 0.15) is 15.8 Å². The van der Waals surface area contributed by atoms with Crippen molar-refractivity contribution in [2.24, 2.45) is 5.92 Å². The van der Waals surface area contributed by atoms with Crippen molar-refractivity contribution in [2.45, 2.75) is 10.8 Å². The second-order valence-electron chi connectivity index (χ2n) is 6.80. The molecule has 0 radical (unpaired) electrons. The van der Waals surface area contributed by atoms with Crippen LogP contribution in [0.3, 0.4) is 0 Å². The maximum atomic E-state index is 14.6. The maximum Gasteiger partial charge on any atom is 0.283 e. The molecule has 0 saturated heterocycles. The van der Waals surface area contributed by atoms with Gasteiger partial charge in [-0.2, -0.15) is 0 Å². The number of anilines is 3. The number of nitrogens with one attached hydrogen (secondary N) is 3. The summed E-state index contributed by atoms with van der Waals surface area (Å²) in [5.74, 6) is -7.44. The molecule has 3 N–H and O–H groups in total. The second kappa shape index (κ2) is 9.01. The molecule has 1 aliphatic carbocycles. The van der Waals surface area contributed by atoms with Crippen LogP contribution in [0.1, 0.15) is 16.8 Å². The molecule has 1 aliphatic rings. The zero-order chi connectivity index (χ0) is 23.8. The normalized spacial score (nSPS) is 16.1. The van der Waals surface area contributed by atoms with Crippen LogP contribution in [0.4, 0.5) is 30.2 Å². The van der Waals surface area contributed by atoms with Gasteiger partial charge in [-0.25, -0.2) is 13.2 Å². The summed E-state index contributed by atoms with van der Waals surface area (Å²) in [6, 6.07) is 5.65. The highest BCUT2D eigenvalue weighted by atomic mass is 35.5. The van der Waals surface area contributed by atoms with Crippen molar-refractivity contribution in [2.75, 3.05) is 16.0 Å². The molecule has 1 atom stereocenters. The molecule has 0 aromatic heterocycles. The quantitative estimate of drug-likeness (QED) is 0.361. The highest BCUT2D eigenvalue weighted by Crippen LogP contribution is 2.53. The van der Waals surface area contributed by atoms with Crippen LogP contribution in [0.25, 0.3) is 0 Å². The molecular formula is C20H13Cl3F3N3O3. The van der Waals surface area contributed by atoms with Gasteiger partial charge in [0.15, 0.2) is 11.6 Å². The zero-order valence-electron chi connectivity index (χ0n) is 15.9. The smallest absolute Gasteiger partial charge is 0.283 e. The van der Waals surface area contributed by atoms with Gasteiger partial charge in [-0.15, -0.1) is 23.2 Å². The Morgan fingerprint density at radius 2 is 1.72 bits per heavy atom. The van der Waals surface area contributed by atoms with Crippen molar-refractivity contribution in [1.29, 1.82) is 0 Å². The number of alkyl halides is 2. The van der Waals surface area contributed by atoms with Gasteiger partial charge >= 0.3 is 0 Å². The molecule has 168 valence electrons. The summed E-state index contributed by atoms with van der Waals surface area (Å²) in [5.41, 5.74) is -1.44. The zero-order valence-corrected chi connectivity index (χ0v) is 18.1. The van der Waals surface area contributed by atoms with Gasteiger partial charge in [0.05, 0.1) is 22.2 Å². The number of hydrogen-bond acceptors (Lipinski definition) is 3. The average molecular weight is 507 g/mol. The summed E-state index contributed by atoms with van der Waals surface area (Å²) in [4.78, 5) is 36.1. The van der Waals surface area contributed by atoms with Gasteiger partial charge in [-0.1, -0.05) is 18.2 Å². The summed E-state index contributed by atoms with van der Waals surface area (Å²) >= 11 is 17.8. The van der Waals surface area contributed by atoms with E-state index in [9.17, 15) is 27.6 Å². The molecule has 0 aliphatic heterocycles. The Balaban J connectivity index is 1.80. The number of rotatable bonds is 6. The first kappa shape index (κ1) is 23.9. The average Bonchev–Trinajstić information content (AvgIpc) is 3.36. The third-order valence-electron chi connectivity index (χ3n) is 4.45. The van der Waals surface area contributed by atoms with Crippen LogP contribution in [-0.2, 0) is 9.59 Å². The molecule has 3 rings (SSSR count). The van der Waals surface area contributed by atoms with Crippen LogP contribution in [0, 0.1) is 17.6 Å². The minimum Gasteiger partial charge on any atom is -0.326 e. The van der Waals surface area contributed by atoms with Crippen LogP contribution in [0.2, 0.25) is 5.02 Å². The summed E-state index contributed by atoms with van der Waals surface area (Å²) < 4.78 is 40.2. The lowest BCUT2D eigenvalue weighted by Crippen LogP contribution is -2.19. The third kappa shape index (κ3) is 5.17. The Kier molecular flexibility index (Phi) is 6.73. The standard InChI is InChI=1S/C20H13Cl3F3N3O3/c1-8(24)17(30)29-16-13(25)4-5-14(15(16)26)28-18(31)10-6-9(2-3-12(10)21)27-19(32)11-7-20(11,22)23/h2-6,11H,1,7H2,(H,27,32)(H,28,31)(H,29,30). The van der Waals surface area contributed by atoms with Crippen molar-refractivity contribution in [1.82, 2.24) is 0 Å². The topological polar surface area (TPSA) is 87.3 Å². The summed E-state index contributed by atoms with van der Waals surface area (Å²) in [6.45, 7) is 2.73. The van der Waals surface area contributed by atoms with E-state index in [1.165, 1.54) is 18.2 Å². The van der Waals surface area contributed by atoms with Crippen LogP contribution in [0.5, 0.6) is 0 Å². The molecule has 6 nitrogen and oxygen atoms in total. The molecular weight excluding hydrogens is 494 g/mol. The van der Waals surface area contributed by atoms with E-state index in [0.29, 0.717) is 0 Å². The van der Waals surface area contributed by atoms with Gasteiger partial charge < -0.3 is 16.0 Å². The summed E-state index contributed by atoms with van der Waals surface area (Å²) in [6.07, 6.45) is 0.279. The Morgan fingerprint density at radius 1 is 1.06 bits per heavy atom. The Labute approximate surface area is 194 Å². The predicted molar refractivity (Wildman–Crippen MR) is 116 cm³/mol. The van der Waals surface area contributed by atoms with E-state index >= 15 is 0 Å². The van der Waals surface area contributed by atoms with E-state index in [1.54, 1.807) is 5.32 Å². The molecule has 12 heteroatoms. The number of carbonyl (C=O) groups is 3. The molecule has 0 heterocycles. The second-order valence-corrected chi connectivity index (χ2v) is 8.75. The van der Waals surface area contributed by atoms with Crippen molar-refractivity contribution in [3.8, 4) is 0 Å². The largest absolute Gasteiger partial charge is 0.326 e. The molecule has 0 spiro atoms. The lowest BCUT2D eigenvalue weighted by Gasteiger charge is -2.13. The highest BCUT2D eigenvalue weighted by molar-refractivity contribution is 6.52. The SMILES string of the molecule is C=C(F)C(=O)Nc1c(F)ccc(NC(=O)c2cc(NC(=O)C3CC3(Cl)Cl)ccc2Cl)c1F. The van der Waals surface area contributed by atoms with Crippen LogP contribution in [-0.4, -0.2) is 22.1 Å². The van der Waals surface area contributed by atoms with Gasteiger partial charge in [0, 0.05) is 5.69 Å². The predicted octanol–water partition coefficient (Wildman–Crippen LogP) is 5.42. The molecule has 1 unspecified atom stereocenters. The van der Waals surface area contributed by atoms with Crippen molar-refractivity contribution in [3.05, 3.63) is 65.0 Å². The van der Waals surface area contributed by atoms with E-state index in [0.717, 1.165) is 12.1 Å². The van der Waals surface area contributed by atoms with Crippen molar-refractivity contribution in [3.63, 3.8) is 0 Å². The fourth-order valence-corrected chi connectivity index (χ4v) is 3.35. The first-order valence-corrected chi connectivity index (χ1v) is 9.97. The van der Waals surface area contributed by atoms with E-state index in [-0.39, 0.29) is 22.7 Å². The van der Waals surface area contributed by atoms with E-state index in [1.807, 2.05) is 0 Å². The molecule has 1 fully saturated rings. The van der Waals surface area contributed by atoms with Crippen molar-refractivity contribution >= 4 is 69.6 Å². The van der Waals surface area contributed by atoms with E-state index in [2.05, 4.69) is 17.2 Å². The summed E-state index contributed by atoms with van der Waals surface area (Å²) in [5, 5.41) is 6.38. The Hall–Kier alpha value is -2.75. The van der Waals surface area contributed by atoms with Crippen LogP contribution >= 0.6 is 34.8 Å². The minimum atomic E-state index is -1.46. The van der Waals surface area contributed by atoms with Crippen LogP contribution in [0.15, 0.2) is 42.7 Å². The van der Waals surface area contributed by atoms with E-state index in [4.69, 9.17) is 34.8 Å². The number of hydrogen-bond donors (Lipinski definition) is 3.